The zero-order valence-corrected chi connectivity index (χ0v) is 10.1. The smallest absolute Gasteiger partial charge is 0.0213 e. The molecular weight excluding hydrogens is 202 g/mol. The van der Waals surface area contributed by atoms with Crippen molar-refractivity contribution in [1.82, 2.24) is 5.32 Å². The van der Waals surface area contributed by atoms with Gasteiger partial charge in [-0.25, -0.2) is 0 Å². The molecule has 1 unspecified atom stereocenters. The highest BCUT2D eigenvalue weighted by atomic mass is 32.2. The maximum Gasteiger partial charge on any atom is 0.0213 e. The number of nitrogens with one attached hydrogen (secondary N) is 1. The topological polar surface area (TPSA) is 12.0 Å². The summed E-state index contributed by atoms with van der Waals surface area (Å²) >= 11 is 2.11. The summed E-state index contributed by atoms with van der Waals surface area (Å²) in [6.07, 6.45) is 2.35. The Morgan fingerprint density at radius 2 is 2.00 bits per heavy atom. The van der Waals surface area contributed by atoms with Crippen molar-refractivity contribution in [1.29, 1.82) is 0 Å². The number of hydrogen-bond acceptors (Lipinski definition) is 2. The monoisotopic (exact) mass is 221 g/mol. The first-order chi connectivity index (χ1) is 7.38. The van der Waals surface area contributed by atoms with E-state index in [1.807, 2.05) is 0 Å². The van der Waals surface area contributed by atoms with Gasteiger partial charge in [0.2, 0.25) is 0 Å². The summed E-state index contributed by atoms with van der Waals surface area (Å²) in [5, 5.41) is 4.23. The Morgan fingerprint density at radius 1 is 1.27 bits per heavy atom. The normalized spacial score (nSPS) is 21.5. The Balaban J connectivity index is 1.91. The molecule has 0 saturated carbocycles. The Morgan fingerprint density at radius 3 is 2.60 bits per heavy atom. The molecule has 0 radical (unpaired) electrons. The second kappa shape index (κ2) is 5.57. The molecule has 1 fully saturated rings. The molecule has 82 valence electrons. The molecule has 1 saturated heterocycles. The highest BCUT2D eigenvalue weighted by Crippen LogP contribution is 2.18. The standard InChI is InChI=1S/C13H19NS/c1-2-11-3-5-12(6-4-11)9-13-10-14-7-8-15-13/h3-6,13-14H,2,7-10H2,1H3. The summed E-state index contributed by atoms with van der Waals surface area (Å²) in [6, 6.07) is 9.09. The Kier molecular flexibility index (Phi) is 4.09. The Bertz CT molecular complexity index is 288. The molecule has 2 heteroatoms. The zero-order valence-electron chi connectivity index (χ0n) is 9.33. The summed E-state index contributed by atoms with van der Waals surface area (Å²) in [4.78, 5) is 0. The minimum Gasteiger partial charge on any atom is -0.315 e. The van der Waals surface area contributed by atoms with Gasteiger partial charge in [-0.05, 0) is 24.0 Å². The third-order valence-electron chi connectivity index (χ3n) is 2.90. The molecule has 1 nitrogen and oxygen atoms in total. The number of hydrogen-bond donors (Lipinski definition) is 1. The summed E-state index contributed by atoms with van der Waals surface area (Å²) in [7, 11) is 0. The van der Waals surface area contributed by atoms with E-state index in [0.29, 0.717) is 0 Å². The van der Waals surface area contributed by atoms with Crippen LogP contribution in [0.2, 0.25) is 0 Å². The van der Waals surface area contributed by atoms with Crippen molar-refractivity contribution in [3.05, 3.63) is 35.4 Å². The molecule has 1 aliphatic rings. The predicted molar refractivity (Wildman–Crippen MR) is 68.6 cm³/mol. The minimum absolute atomic E-state index is 0.770. The summed E-state index contributed by atoms with van der Waals surface area (Å²) < 4.78 is 0. The SMILES string of the molecule is CCc1ccc(CC2CNCCS2)cc1. The Labute approximate surface area is 96.7 Å². The van der Waals surface area contributed by atoms with Crippen molar-refractivity contribution < 1.29 is 0 Å². The van der Waals surface area contributed by atoms with E-state index in [0.717, 1.165) is 11.7 Å². The molecule has 0 aliphatic carbocycles. The average molecular weight is 221 g/mol. The molecular formula is C13H19NS. The van der Waals surface area contributed by atoms with E-state index in [-0.39, 0.29) is 0 Å². The third kappa shape index (κ3) is 3.25. The van der Waals surface area contributed by atoms with E-state index in [2.05, 4.69) is 48.3 Å². The quantitative estimate of drug-likeness (QED) is 0.841. The van der Waals surface area contributed by atoms with Gasteiger partial charge in [0.25, 0.3) is 0 Å². The third-order valence-corrected chi connectivity index (χ3v) is 4.14. The van der Waals surface area contributed by atoms with Gasteiger partial charge in [0.15, 0.2) is 0 Å². The second-order valence-electron chi connectivity index (χ2n) is 4.07. The molecule has 1 heterocycles. The van der Waals surface area contributed by atoms with E-state index >= 15 is 0 Å². The van der Waals surface area contributed by atoms with Crippen LogP contribution < -0.4 is 5.32 Å². The van der Waals surface area contributed by atoms with Crippen LogP contribution in [0.4, 0.5) is 0 Å². The Hall–Kier alpha value is -0.470. The number of aryl methyl sites for hydroxylation is 1. The van der Waals surface area contributed by atoms with Crippen LogP contribution in [0, 0.1) is 0 Å². The van der Waals surface area contributed by atoms with Gasteiger partial charge in [0, 0.05) is 24.1 Å². The predicted octanol–water partition coefficient (Wildman–Crippen LogP) is 2.50. The number of rotatable bonds is 3. The van der Waals surface area contributed by atoms with E-state index in [4.69, 9.17) is 0 Å². The fraction of sp³-hybridized carbons (Fsp3) is 0.538. The van der Waals surface area contributed by atoms with Crippen LogP contribution >= 0.6 is 11.8 Å². The highest BCUT2D eigenvalue weighted by molar-refractivity contribution is 8.00. The zero-order chi connectivity index (χ0) is 10.5. The van der Waals surface area contributed by atoms with Crippen molar-refractivity contribution >= 4 is 11.8 Å². The van der Waals surface area contributed by atoms with Crippen molar-refractivity contribution in [3.8, 4) is 0 Å². The molecule has 1 aromatic carbocycles. The molecule has 0 bridgehead atoms. The molecule has 1 atom stereocenters. The average Bonchev–Trinajstić information content (AvgIpc) is 2.31. The van der Waals surface area contributed by atoms with E-state index in [9.17, 15) is 0 Å². The summed E-state index contributed by atoms with van der Waals surface area (Å²) in [5.41, 5.74) is 2.92. The lowest BCUT2D eigenvalue weighted by Gasteiger charge is -2.22. The van der Waals surface area contributed by atoms with E-state index in [1.54, 1.807) is 0 Å². The molecule has 1 N–H and O–H groups in total. The molecule has 2 rings (SSSR count). The van der Waals surface area contributed by atoms with Crippen LogP contribution in [0.5, 0.6) is 0 Å². The van der Waals surface area contributed by atoms with Gasteiger partial charge < -0.3 is 5.32 Å². The fourth-order valence-corrected chi connectivity index (χ4v) is 3.07. The van der Waals surface area contributed by atoms with Gasteiger partial charge in [-0.15, -0.1) is 0 Å². The van der Waals surface area contributed by atoms with Crippen LogP contribution in [0.15, 0.2) is 24.3 Å². The lowest BCUT2D eigenvalue weighted by molar-refractivity contribution is 0.666. The second-order valence-corrected chi connectivity index (χ2v) is 5.48. The fourth-order valence-electron chi connectivity index (χ4n) is 1.92. The van der Waals surface area contributed by atoms with Crippen molar-refractivity contribution in [3.63, 3.8) is 0 Å². The van der Waals surface area contributed by atoms with Crippen LogP contribution in [0.3, 0.4) is 0 Å². The van der Waals surface area contributed by atoms with Crippen LogP contribution in [0.25, 0.3) is 0 Å². The van der Waals surface area contributed by atoms with E-state index < -0.39 is 0 Å². The van der Waals surface area contributed by atoms with Gasteiger partial charge in [0.05, 0.1) is 0 Å². The maximum absolute atomic E-state index is 3.46. The number of benzene rings is 1. The van der Waals surface area contributed by atoms with Gasteiger partial charge >= 0.3 is 0 Å². The van der Waals surface area contributed by atoms with Crippen molar-refractivity contribution in [2.45, 2.75) is 25.0 Å². The lowest BCUT2D eigenvalue weighted by Crippen LogP contribution is -2.33. The largest absolute Gasteiger partial charge is 0.315 e. The molecule has 1 aromatic rings. The van der Waals surface area contributed by atoms with Gasteiger partial charge in [0.1, 0.15) is 0 Å². The van der Waals surface area contributed by atoms with Gasteiger partial charge in [-0.2, -0.15) is 11.8 Å². The minimum atomic E-state index is 0.770. The van der Waals surface area contributed by atoms with Crippen LogP contribution in [0.1, 0.15) is 18.1 Å². The molecule has 15 heavy (non-hydrogen) atoms. The molecule has 1 aliphatic heterocycles. The lowest BCUT2D eigenvalue weighted by atomic mass is 10.1. The van der Waals surface area contributed by atoms with Gasteiger partial charge in [-0.1, -0.05) is 31.2 Å². The summed E-state index contributed by atoms with van der Waals surface area (Å²) in [6.45, 7) is 4.55. The van der Waals surface area contributed by atoms with E-state index in [1.165, 1.54) is 36.4 Å². The maximum atomic E-state index is 3.46. The summed E-state index contributed by atoms with van der Waals surface area (Å²) in [5.74, 6) is 1.26. The first kappa shape index (κ1) is 11.0. The molecule has 0 spiro atoms. The first-order valence-electron chi connectivity index (χ1n) is 5.78. The molecule has 0 aromatic heterocycles. The van der Waals surface area contributed by atoms with Crippen molar-refractivity contribution in [2.24, 2.45) is 0 Å². The van der Waals surface area contributed by atoms with Gasteiger partial charge in [-0.3, -0.25) is 0 Å². The first-order valence-corrected chi connectivity index (χ1v) is 6.83. The van der Waals surface area contributed by atoms with Crippen LogP contribution in [-0.2, 0) is 12.8 Å². The highest BCUT2D eigenvalue weighted by Gasteiger charge is 2.13. The van der Waals surface area contributed by atoms with Crippen molar-refractivity contribution in [2.75, 3.05) is 18.8 Å². The number of thioether (sulfide) groups is 1. The molecule has 0 amide bonds. The van der Waals surface area contributed by atoms with Crippen LogP contribution in [-0.4, -0.2) is 24.1 Å².